The number of hydrogen-bond acceptors (Lipinski definition) is 4. The van der Waals surface area contributed by atoms with Crippen molar-refractivity contribution in [1.29, 1.82) is 0 Å². The number of amides is 3. The predicted molar refractivity (Wildman–Crippen MR) is 97.7 cm³/mol. The Morgan fingerprint density at radius 2 is 1.81 bits per heavy atom. The van der Waals surface area contributed by atoms with Crippen molar-refractivity contribution in [3.63, 3.8) is 0 Å². The minimum atomic E-state index is -0.332. The molecule has 142 valence electrons. The van der Waals surface area contributed by atoms with Crippen LogP contribution in [0.1, 0.15) is 31.7 Å². The van der Waals surface area contributed by atoms with E-state index in [1.807, 2.05) is 12.1 Å². The van der Waals surface area contributed by atoms with E-state index >= 15 is 0 Å². The quantitative estimate of drug-likeness (QED) is 0.738. The van der Waals surface area contributed by atoms with Crippen molar-refractivity contribution >= 4 is 29.5 Å². The zero-order valence-electron chi connectivity index (χ0n) is 14.8. The number of benzene rings is 1. The van der Waals surface area contributed by atoms with Crippen LogP contribution < -0.4 is 10.6 Å². The molecule has 26 heavy (non-hydrogen) atoms. The van der Waals surface area contributed by atoms with Crippen LogP contribution in [0.25, 0.3) is 0 Å². The highest BCUT2D eigenvalue weighted by molar-refractivity contribution is 6.30. The Bertz CT molecular complexity index is 628. The number of rotatable bonds is 6. The maximum Gasteiger partial charge on any atom is 0.409 e. The Labute approximate surface area is 158 Å². The fourth-order valence-electron chi connectivity index (χ4n) is 2.71. The largest absolute Gasteiger partial charge is 0.450 e. The van der Waals surface area contributed by atoms with E-state index in [0.29, 0.717) is 44.1 Å². The Hall–Kier alpha value is -2.28. The molecule has 0 atom stereocenters. The highest BCUT2D eigenvalue weighted by Crippen LogP contribution is 2.12. The zero-order valence-corrected chi connectivity index (χ0v) is 15.6. The third-order valence-corrected chi connectivity index (χ3v) is 4.36. The van der Waals surface area contributed by atoms with Gasteiger partial charge in [0.2, 0.25) is 11.8 Å². The van der Waals surface area contributed by atoms with E-state index in [4.69, 9.17) is 16.3 Å². The number of halogens is 1. The molecule has 0 unspecified atom stereocenters. The zero-order chi connectivity index (χ0) is 18.9. The van der Waals surface area contributed by atoms with Crippen molar-refractivity contribution in [3.05, 3.63) is 34.9 Å². The highest BCUT2D eigenvalue weighted by Gasteiger charge is 2.24. The lowest BCUT2D eigenvalue weighted by Gasteiger charge is -2.31. The molecule has 1 aliphatic rings. The van der Waals surface area contributed by atoms with Crippen LogP contribution in [0.3, 0.4) is 0 Å². The molecule has 0 aliphatic carbocycles. The molecule has 1 aromatic rings. The average Bonchev–Trinajstić information content (AvgIpc) is 2.62. The van der Waals surface area contributed by atoms with E-state index in [1.165, 1.54) is 0 Å². The van der Waals surface area contributed by atoms with Crippen LogP contribution in [0.15, 0.2) is 24.3 Å². The summed E-state index contributed by atoms with van der Waals surface area (Å²) in [7, 11) is 0. The first kappa shape index (κ1) is 20.0. The summed E-state index contributed by atoms with van der Waals surface area (Å²) in [6.07, 6.45) is 0.762. The number of carbonyl (C=O) groups is 3. The summed E-state index contributed by atoms with van der Waals surface area (Å²) < 4.78 is 4.96. The lowest BCUT2D eigenvalue weighted by Crippen LogP contribution is -2.47. The van der Waals surface area contributed by atoms with E-state index in [-0.39, 0.29) is 30.4 Å². The van der Waals surface area contributed by atoms with Gasteiger partial charge < -0.3 is 20.3 Å². The first-order valence-electron chi connectivity index (χ1n) is 8.70. The van der Waals surface area contributed by atoms with Gasteiger partial charge >= 0.3 is 6.09 Å². The summed E-state index contributed by atoms with van der Waals surface area (Å²) in [5.74, 6) is -0.644. The molecule has 2 rings (SSSR count). The van der Waals surface area contributed by atoms with Gasteiger partial charge in [0.05, 0.1) is 6.61 Å². The fraction of sp³-hybridized carbons (Fsp3) is 0.500. The summed E-state index contributed by atoms with van der Waals surface area (Å²) in [4.78, 5) is 37.1. The Morgan fingerprint density at radius 3 is 2.42 bits per heavy atom. The van der Waals surface area contributed by atoms with E-state index < -0.39 is 0 Å². The fourth-order valence-corrected chi connectivity index (χ4v) is 2.84. The van der Waals surface area contributed by atoms with Crippen molar-refractivity contribution in [2.45, 2.75) is 38.8 Å². The third kappa shape index (κ3) is 6.55. The Balaban J connectivity index is 1.66. The van der Waals surface area contributed by atoms with E-state index in [2.05, 4.69) is 10.6 Å². The van der Waals surface area contributed by atoms with Gasteiger partial charge in [0, 0.05) is 30.7 Å². The maximum absolute atomic E-state index is 12.0. The molecule has 0 bridgehead atoms. The number of likely N-dealkylation sites (tertiary alicyclic amines) is 1. The number of ether oxygens (including phenoxy) is 1. The molecule has 0 radical (unpaired) electrons. The Kier molecular flexibility index (Phi) is 7.72. The molecular formula is C18H24ClN3O4. The molecule has 8 heteroatoms. The van der Waals surface area contributed by atoms with Gasteiger partial charge in [-0.25, -0.2) is 4.79 Å². The van der Waals surface area contributed by atoms with Crippen LogP contribution in [-0.2, 0) is 20.9 Å². The molecule has 0 saturated carbocycles. The van der Waals surface area contributed by atoms with Gasteiger partial charge in [-0.3, -0.25) is 9.59 Å². The molecule has 1 aliphatic heterocycles. The van der Waals surface area contributed by atoms with Crippen LogP contribution in [0.2, 0.25) is 5.02 Å². The van der Waals surface area contributed by atoms with Crippen LogP contribution in [0, 0.1) is 0 Å². The molecule has 1 heterocycles. The van der Waals surface area contributed by atoms with E-state index in [0.717, 1.165) is 5.56 Å². The van der Waals surface area contributed by atoms with Gasteiger partial charge in [0.1, 0.15) is 6.42 Å². The van der Waals surface area contributed by atoms with Gasteiger partial charge in [0.15, 0.2) is 0 Å². The standard InChI is InChI=1S/C18H24ClN3O4/c1-2-26-18(25)22-9-7-15(8-10-22)21-17(24)11-16(23)20-12-13-3-5-14(19)6-4-13/h3-6,15H,2,7-12H2,1H3,(H,20,23)(H,21,24). The first-order chi connectivity index (χ1) is 12.5. The lowest BCUT2D eigenvalue weighted by molar-refractivity contribution is -0.129. The molecule has 1 fully saturated rings. The van der Waals surface area contributed by atoms with Gasteiger partial charge in [0.25, 0.3) is 0 Å². The van der Waals surface area contributed by atoms with Crippen molar-refractivity contribution in [3.8, 4) is 0 Å². The molecule has 0 aromatic heterocycles. The molecule has 0 spiro atoms. The minimum absolute atomic E-state index is 0.0303. The van der Waals surface area contributed by atoms with Crippen LogP contribution in [0.5, 0.6) is 0 Å². The molecule has 2 N–H and O–H groups in total. The average molecular weight is 382 g/mol. The smallest absolute Gasteiger partial charge is 0.409 e. The SMILES string of the molecule is CCOC(=O)N1CCC(NC(=O)CC(=O)NCc2ccc(Cl)cc2)CC1. The topological polar surface area (TPSA) is 87.7 Å². The van der Waals surface area contributed by atoms with E-state index in [9.17, 15) is 14.4 Å². The number of nitrogens with zero attached hydrogens (tertiary/aromatic N) is 1. The molecule has 3 amide bonds. The normalized spacial score (nSPS) is 14.6. The monoisotopic (exact) mass is 381 g/mol. The third-order valence-electron chi connectivity index (χ3n) is 4.11. The number of hydrogen-bond donors (Lipinski definition) is 2. The molecular weight excluding hydrogens is 358 g/mol. The van der Waals surface area contributed by atoms with Crippen molar-refractivity contribution in [2.24, 2.45) is 0 Å². The van der Waals surface area contributed by atoms with Gasteiger partial charge in [-0.15, -0.1) is 0 Å². The molecule has 7 nitrogen and oxygen atoms in total. The van der Waals surface area contributed by atoms with Gasteiger partial charge in [-0.1, -0.05) is 23.7 Å². The van der Waals surface area contributed by atoms with Gasteiger partial charge in [-0.05, 0) is 37.5 Å². The van der Waals surface area contributed by atoms with Crippen molar-refractivity contribution < 1.29 is 19.1 Å². The first-order valence-corrected chi connectivity index (χ1v) is 9.08. The lowest BCUT2D eigenvalue weighted by atomic mass is 10.1. The van der Waals surface area contributed by atoms with Crippen LogP contribution >= 0.6 is 11.6 Å². The number of piperidine rings is 1. The minimum Gasteiger partial charge on any atom is -0.450 e. The van der Waals surface area contributed by atoms with Crippen molar-refractivity contribution in [1.82, 2.24) is 15.5 Å². The van der Waals surface area contributed by atoms with Crippen LogP contribution in [-0.4, -0.2) is 48.5 Å². The maximum atomic E-state index is 12.0. The second-order valence-electron chi connectivity index (χ2n) is 6.11. The number of nitrogens with one attached hydrogen (secondary N) is 2. The number of carbonyl (C=O) groups excluding carboxylic acids is 3. The van der Waals surface area contributed by atoms with Crippen LogP contribution in [0.4, 0.5) is 4.79 Å². The molecule has 1 aromatic carbocycles. The Morgan fingerprint density at radius 1 is 1.15 bits per heavy atom. The van der Waals surface area contributed by atoms with Gasteiger partial charge in [-0.2, -0.15) is 0 Å². The summed E-state index contributed by atoms with van der Waals surface area (Å²) in [6, 6.07) is 7.11. The molecule has 1 saturated heterocycles. The highest BCUT2D eigenvalue weighted by atomic mass is 35.5. The summed E-state index contributed by atoms with van der Waals surface area (Å²) in [5.41, 5.74) is 0.912. The second-order valence-corrected chi connectivity index (χ2v) is 6.54. The predicted octanol–water partition coefficient (Wildman–Crippen LogP) is 2.08. The van der Waals surface area contributed by atoms with E-state index in [1.54, 1.807) is 24.0 Å². The van der Waals surface area contributed by atoms with Crippen molar-refractivity contribution in [2.75, 3.05) is 19.7 Å². The summed E-state index contributed by atoms with van der Waals surface area (Å²) >= 11 is 5.81. The summed E-state index contributed by atoms with van der Waals surface area (Å²) in [5, 5.41) is 6.19. The summed E-state index contributed by atoms with van der Waals surface area (Å²) in [6.45, 7) is 3.53. The second kappa shape index (κ2) is 10.0.